The average molecular weight is 300 g/mol. The molecule has 2 aliphatic rings. The summed E-state index contributed by atoms with van der Waals surface area (Å²) in [6.45, 7) is 2.54. The van der Waals surface area contributed by atoms with E-state index in [0.29, 0.717) is 13.2 Å². The summed E-state index contributed by atoms with van der Waals surface area (Å²) >= 11 is 0. The lowest BCUT2D eigenvalue weighted by Gasteiger charge is -2.30. The highest BCUT2D eigenvalue weighted by molar-refractivity contribution is 5.82. The Morgan fingerprint density at radius 1 is 1.27 bits per heavy atom. The highest BCUT2D eigenvalue weighted by Gasteiger charge is 2.19. The molecule has 22 heavy (non-hydrogen) atoms. The number of anilines is 1. The largest absolute Gasteiger partial charge is 0.490 e. The minimum Gasteiger partial charge on any atom is -0.490 e. The number of hydrogen-bond acceptors (Lipinski definition) is 3. The molecular formula is C18H24N2O2. The van der Waals surface area contributed by atoms with E-state index in [4.69, 9.17) is 4.74 Å². The molecule has 1 aromatic carbocycles. The van der Waals surface area contributed by atoms with Crippen LogP contribution < -0.4 is 15.0 Å². The van der Waals surface area contributed by atoms with Gasteiger partial charge in [0.05, 0.1) is 18.8 Å². The van der Waals surface area contributed by atoms with Crippen LogP contribution in [0.2, 0.25) is 0 Å². The van der Waals surface area contributed by atoms with Gasteiger partial charge in [0.1, 0.15) is 12.4 Å². The minimum absolute atomic E-state index is 0.0908. The molecule has 0 saturated heterocycles. The summed E-state index contributed by atoms with van der Waals surface area (Å²) in [6.07, 6.45) is 8.34. The molecule has 0 atom stereocenters. The molecule has 1 N–H and O–H groups in total. The molecule has 0 fully saturated rings. The second kappa shape index (κ2) is 7.34. The Morgan fingerprint density at radius 2 is 2.18 bits per heavy atom. The van der Waals surface area contributed by atoms with E-state index in [9.17, 15) is 4.79 Å². The van der Waals surface area contributed by atoms with Crippen molar-refractivity contribution >= 4 is 11.6 Å². The fourth-order valence-corrected chi connectivity index (χ4v) is 3.11. The first-order chi connectivity index (χ1) is 10.8. The minimum atomic E-state index is 0.0908. The Kier molecular flexibility index (Phi) is 4.99. The van der Waals surface area contributed by atoms with Crippen molar-refractivity contribution in [1.82, 2.24) is 5.32 Å². The van der Waals surface area contributed by atoms with Gasteiger partial charge < -0.3 is 15.0 Å². The molecule has 1 amide bonds. The molecule has 118 valence electrons. The topological polar surface area (TPSA) is 41.6 Å². The lowest BCUT2D eigenvalue weighted by Crippen LogP contribution is -2.41. The number of fused-ring (bicyclic) bond motifs is 1. The number of nitrogens with zero attached hydrogens (tertiary/aromatic N) is 1. The van der Waals surface area contributed by atoms with Gasteiger partial charge in [0.25, 0.3) is 0 Å². The predicted molar refractivity (Wildman–Crippen MR) is 88.3 cm³/mol. The quantitative estimate of drug-likeness (QED) is 0.850. The Hall–Kier alpha value is -1.97. The van der Waals surface area contributed by atoms with E-state index in [1.165, 1.54) is 31.3 Å². The molecule has 0 radical (unpaired) electrons. The van der Waals surface area contributed by atoms with Crippen molar-refractivity contribution in [1.29, 1.82) is 0 Å². The number of carbonyl (C=O) groups is 1. The monoisotopic (exact) mass is 300 g/mol. The van der Waals surface area contributed by atoms with Gasteiger partial charge in [-0.15, -0.1) is 0 Å². The van der Waals surface area contributed by atoms with Crippen LogP contribution in [0.5, 0.6) is 5.75 Å². The van der Waals surface area contributed by atoms with Crippen LogP contribution >= 0.6 is 0 Å². The maximum atomic E-state index is 12.1. The maximum absolute atomic E-state index is 12.1. The first-order valence-corrected chi connectivity index (χ1v) is 8.24. The normalized spacial score (nSPS) is 17.3. The van der Waals surface area contributed by atoms with Gasteiger partial charge in [0, 0.05) is 6.54 Å². The number of amides is 1. The zero-order valence-electron chi connectivity index (χ0n) is 13.0. The first kappa shape index (κ1) is 14.9. The molecule has 0 aromatic heterocycles. The number of allylic oxidation sites excluding steroid dienone is 1. The summed E-state index contributed by atoms with van der Waals surface area (Å²) in [7, 11) is 0. The van der Waals surface area contributed by atoms with Gasteiger partial charge in [-0.1, -0.05) is 23.8 Å². The van der Waals surface area contributed by atoms with Gasteiger partial charge in [0.15, 0.2) is 0 Å². The number of rotatable bonds is 5. The zero-order valence-corrected chi connectivity index (χ0v) is 13.0. The first-order valence-electron chi connectivity index (χ1n) is 8.24. The fourth-order valence-electron chi connectivity index (χ4n) is 3.11. The van der Waals surface area contributed by atoms with Crippen LogP contribution in [-0.2, 0) is 4.79 Å². The fraction of sp³-hybridized carbons (Fsp3) is 0.500. The molecule has 1 heterocycles. The number of hydrogen-bond donors (Lipinski definition) is 1. The van der Waals surface area contributed by atoms with Crippen molar-refractivity contribution in [3.05, 3.63) is 35.9 Å². The van der Waals surface area contributed by atoms with Crippen LogP contribution in [-0.4, -0.2) is 32.1 Å². The third kappa shape index (κ3) is 3.81. The number of para-hydroxylation sites is 2. The molecule has 4 heteroatoms. The smallest absolute Gasteiger partial charge is 0.239 e. The summed E-state index contributed by atoms with van der Waals surface area (Å²) in [5, 5.41) is 3.05. The van der Waals surface area contributed by atoms with Gasteiger partial charge >= 0.3 is 0 Å². The van der Waals surface area contributed by atoms with Crippen LogP contribution in [0.3, 0.4) is 0 Å². The highest BCUT2D eigenvalue weighted by atomic mass is 16.5. The Balaban J connectivity index is 1.47. The van der Waals surface area contributed by atoms with Crippen molar-refractivity contribution in [2.75, 3.05) is 31.1 Å². The van der Waals surface area contributed by atoms with E-state index >= 15 is 0 Å². The van der Waals surface area contributed by atoms with E-state index in [-0.39, 0.29) is 5.91 Å². The molecule has 1 aromatic rings. The lowest BCUT2D eigenvalue weighted by molar-refractivity contribution is -0.119. The van der Waals surface area contributed by atoms with Crippen LogP contribution in [0.25, 0.3) is 0 Å². The summed E-state index contributed by atoms with van der Waals surface area (Å²) in [4.78, 5) is 14.2. The summed E-state index contributed by atoms with van der Waals surface area (Å²) in [6, 6.07) is 7.90. The average Bonchev–Trinajstić information content (AvgIpc) is 2.56. The van der Waals surface area contributed by atoms with Gasteiger partial charge in [0.2, 0.25) is 5.91 Å². The van der Waals surface area contributed by atoms with Gasteiger partial charge in [-0.2, -0.15) is 0 Å². The Bertz CT molecular complexity index is 554. The second-order valence-electron chi connectivity index (χ2n) is 5.95. The van der Waals surface area contributed by atoms with Crippen molar-refractivity contribution in [2.45, 2.75) is 32.1 Å². The maximum Gasteiger partial charge on any atom is 0.239 e. The van der Waals surface area contributed by atoms with Crippen LogP contribution in [0.4, 0.5) is 5.69 Å². The molecule has 0 spiro atoms. The number of ether oxygens (including phenoxy) is 1. The summed E-state index contributed by atoms with van der Waals surface area (Å²) in [5.74, 6) is 0.960. The van der Waals surface area contributed by atoms with Gasteiger partial charge in [-0.25, -0.2) is 0 Å². The van der Waals surface area contributed by atoms with Gasteiger partial charge in [-0.3, -0.25) is 4.79 Å². The van der Waals surface area contributed by atoms with E-state index in [1.54, 1.807) is 0 Å². The zero-order chi connectivity index (χ0) is 15.2. The van der Waals surface area contributed by atoms with Crippen molar-refractivity contribution < 1.29 is 9.53 Å². The van der Waals surface area contributed by atoms with Crippen molar-refractivity contribution in [3.8, 4) is 5.75 Å². The van der Waals surface area contributed by atoms with Crippen LogP contribution in [0, 0.1) is 0 Å². The molecular weight excluding hydrogens is 276 g/mol. The molecule has 0 unspecified atom stereocenters. The highest BCUT2D eigenvalue weighted by Crippen LogP contribution is 2.30. The lowest BCUT2D eigenvalue weighted by atomic mass is 9.97. The van der Waals surface area contributed by atoms with E-state index in [2.05, 4.69) is 16.3 Å². The standard InChI is InChI=1S/C18H24N2O2/c21-18(19-11-10-15-6-2-1-3-7-15)14-20-12-13-22-17-9-5-4-8-16(17)20/h4-6,8-9H,1-3,7,10-14H2,(H,19,21). The summed E-state index contributed by atoms with van der Waals surface area (Å²) < 4.78 is 5.61. The van der Waals surface area contributed by atoms with Crippen molar-refractivity contribution in [2.24, 2.45) is 0 Å². The number of carbonyl (C=O) groups excluding carboxylic acids is 1. The molecule has 1 aliphatic heterocycles. The van der Waals surface area contributed by atoms with E-state index in [1.807, 2.05) is 24.3 Å². The second-order valence-corrected chi connectivity index (χ2v) is 5.95. The Labute approximate surface area is 132 Å². The van der Waals surface area contributed by atoms with E-state index < -0.39 is 0 Å². The SMILES string of the molecule is O=C(CN1CCOc2ccccc21)NCCC1=CCCCC1. The van der Waals surface area contributed by atoms with Crippen molar-refractivity contribution in [3.63, 3.8) is 0 Å². The molecule has 1 aliphatic carbocycles. The molecule has 4 nitrogen and oxygen atoms in total. The van der Waals surface area contributed by atoms with Crippen LogP contribution in [0.1, 0.15) is 32.1 Å². The summed E-state index contributed by atoms with van der Waals surface area (Å²) in [5.41, 5.74) is 2.52. The molecule has 0 saturated carbocycles. The van der Waals surface area contributed by atoms with Crippen LogP contribution in [0.15, 0.2) is 35.9 Å². The number of nitrogens with one attached hydrogen (secondary N) is 1. The van der Waals surface area contributed by atoms with Gasteiger partial charge in [-0.05, 0) is 44.2 Å². The molecule has 3 rings (SSSR count). The number of benzene rings is 1. The third-order valence-corrected chi connectivity index (χ3v) is 4.31. The Morgan fingerprint density at radius 3 is 3.05 bits per heavy atom. The van der Waals surface area contributed by atoms with E-state index in [0.717, 1.165) is 30.9 Å². The third-order valence-electron chi connectivity index (χ3n) is 4.31. The molecule has 0 bridgehead atoms. The predicted octanol–water partition coefficient (Wildman–Crippen LogP) is 2.89.